The van der Waals surface area contributed by atoms with E-state index < -0.39 is 0 Å². The molecule has 3 nitrogen and oxygen atoms in total. The highest BCUT2D eigenvalue weighted by atomic mass is 35.5. The summed E-state index contributed by atoms with van der Waals surface area (Å²) in [6, 6.07) is 21.6. The lowest BCUT2D eigenvalue weighted by Crippen LogP contribution is -3.00. The second-order valence-electron chi connectivity index (χ2n) is 7.87. The molecule has 0 spiro atoms. The van der Waals surface area contributed by atoms with Crippen LogP contribution in [-0.2, 0) is 13.1 Å². The minimum absolute atomic E-state index is 0. The average Bonchev–Trinajstić information content (AvgIpc) is 2.84. The molecule has 0 aliphatic heterocycles. The summed E-state index contributed by atoms with van der Waals surface area (Å²) in [5.41, 5.74) is 2.91. The maximum atomic E-state index is 8.25. The number of benzene rings is 2. The smallest absolute Gasteiger partial charge is 0.104 e. The summed E-state index contributed by atoms with van der Waals surface area (Å²) >= 11 is 0. The van der Waals surface area contributed by atoms with Gasteiger partial charge in [-0.15, -0.1) is 0 Å². The molecule has 0 radical (unpaired) electrons. The van der Waals surface area contributed by atoms with Crippen LogP contribution in [0.3, 0.4) is 0 Å². The molecule has 0 N–H and O–H groups in total. The van der Waals surface area contributed by atoms with E-state index in [1.165, 1.54) is 72.5 Å². The summed E-state index contributed by atoms with van der Waals surface area (Å²) in [6.45, 7) is 23.4. The molecule has 2 rings (SSSR count). The summed E-state index contributed by atoms with van der Waals surface area (Å²) in [5, 5.41) is 8.25. The Balaban J connectivity index is 0. The Bertz CT molecular complexity index is 552. The Morgan fingerprint density at radius 1 is 0.484 bits per heavy atom. The van der Waals surface area contributed by atoms with Gasteiger partial charge in [-0.1, -0.05) is 60.7 Å². The van der Waals surface area contributed by atoms with Gasteiger partial charge in [0.05, 0.1) is 39.3 Å². The fourth-order valence-electron chi connectivity index (χ4n) is 3.95. The van der Waals surface area contributed by atoms with Crippen LogP contribution in [0.4, 0.5) is 0 Å². The van der Waals surface area contributed by atoms with Crippen molar-refractivity contribution in [3.05, 3.63) is 71.8 Å². The molecule has 0 atom stereocenters. The van der Waals surface area contributed by atoms with Gasteiger partial charge in [-0.2, -0.15) is 7.11 Å². The summed E-state index contributed by atoms with van der Waals surface area (Å²) in [7, 11) is 0.750. The van der Waals surface area contributed by atoms with Crippen LogP contribution in [0.1, 0.15) is 52.7 Å². The number of hydrogen-bond acceptors (Lipinski definition) is 1. The highest BCUT2D eigenvalue weighted by Crippen LogP contribution is 2.14. The van der Waals surface area contributed by atoms with E-state index in [1.54, 1.807) is 0 Å². The van der Waals surface area contributed by atoms with Crippen molar-refractivity contribution in [2.45, 2.75) is 54.6 Å². The van der Waals surface area contributed by atoms with Crippen LogP contribution in [0.15, 0.2) is 60.7 Å². The third kappa shape index (κ3) is 11.2. The van der Waals surface area contributed by atoms with Crippen molar-refractivity contribution in [3.8, 4) is 0 Å². The number of hydrogen-bond donors (Lipinski definition) is 0. The third-order valence-electron chi connectivity index (χ3n) is 6.75. The molecule has 0 aliphatic rings. The lowest BCUT2D eigenvalue weighted by atomic mass is 10.2. The minimum Gasteiger partial charge on any atom is -1.00 e. The van der Waals surface area contributed by atoms with Crippen molar-refractivity contribution < 1.29 is 26.5 Å². The van der Waals surface area contributed by atoms with Crippen LogP contribution in [0.2, 0.25) is 0 Å². The summed E-state index contributed by atoms with van der Waals surface area (Å²) in [6.07, 6.45) is 0. The lowest BCUT2D eigenvalue weighted by molar-refractivity contribution is -0.936. The van der Waals surface area contributed by atoms with E-state index in [2.05, 4.69) is 102 Å². The molecule has 0 saturated heterocycles. The van der Waals surface area contributed by atoms with E-state index in [-0.39, 0.29) is 12.4 Å². The normalized spacial score (nSPS) is 10.7. The minimum atomic E-state index is 0. The van der Waals surface area contributed by atoms with E-state index >= 15 is 0 Å². The molecule has 0 saturated carbocycles. The van der Waals surface area contributed by atoms with E-state index in [0.29, 0.717) is 0 Å². The molecule has 0 heterocycles. The Labute approximate surface area is 199 Å². The number of rotatable bonds is 10. The summed E-state index contributed by atoms with van der Waals surface area (Å²) in [5.74, 6) is 0. The number of halogens is 1. The largest absolute Gasteiger partial charge is 1.00 e. The fourth-order valence-corrected chi connectivity index (χ4v) is 3.95. The van der Waals surface area contributed by atoms with Gasteiger partial charge in [-0.05, 0) is 41.5 Å². The first kappa shape index (κ1) is 31.8. The molecule has 0 amide bonds. The van der Waals surface area contributed by atoms with E-state index in [4.69, 9.17) is 5.11 Å². The first-order chi connectivity index (χ1) is 14.5. The van der Waals surface area contributed by atoms with Crippen LogP contribution in [-0.4, -0.2) is 55.3 Å². The van der Waals surface area contributed by atoms with Gasteiger partial charge in [0, 0.05) is 11.1 Å². The molecular weight excluding hydrogens is 404 g/mol. The summed E-state index contributed by atoms with van der Waals surface area (Å²) in [4.78, 5) is 0. The second kappa shape index (κ2) is 18.2. The van der Waals surface area contributed by atoms with Crippen molar-refractivity contribution >= 4 is 0 Å². The predicted molar refractivity (Wildman–Crippen MR) is 130 cm³/mol. The maximum Gasteiger partial charge on any atom is 0.104 e. The Morgan fingerprint density at radius 3 is 0.903 bits per heavy atom. The van der Waals surface area contributed by atoms with Crippen LogP contribution in [0, 0.1) is 0 Å². The van der Waals surface area contributed by atoms with E-state index in [9.17, 15) is 0 Å². The molecule has 2 aromatic carbocycles. The Kier molecular flexibility index (Phi) is 18.7. The van der Waals surface area contributed by atoms with Crippen molar-refractivity contribution in [3.63, 3.8) is 0 Å². The molecule has 0 bridgehead atoms. The highest BCUT2D eigenvalue weighted by Gasteiger charge is 2.21. The standard InChI is InChI=1S/2C13H22N.CH3O.ClH/c2*1-4-14(5-2,6-3)12-13-10-8-7-9-11-13;1-2;/h2*7-11H,4-6,12H2,1-3H3;1H3;1H/q2*+1;-1;/p-1. The van der Waals surface area contributed by atoms with E-state index in [0.717, 1.165) is 7.11 Å². The van der Waals surface area contributed by atoms with Gasteiger partial charge < -0.3 is 26.5 Å². The van der Waals surface area contributed by atoms with Crippen molar-refractivity contribution in [1.82, 2.24) is 0 Å². The molecule has 0 aromatic heterocycles. The SMILES string of the molecule is CC[N+](CC)(CC)Cc1ccccc1.CC[N+](CC)(CC)Cc1ccccc1.C[O-].[Cl-]. The van der Waals surface area contributed by atoms with Gasteiger partial charge in [-0.3, -0.25) is 0 Å². The molecule has 178 valence electrons. The molecule has 31 heavy (non-hydrogen) atoms. The molecule has 2 aromatic rings. The van der Waals surface area contributed by atoms with Crippen LogP contribution >= 0.6 is 0 Å². The topological polar surface area (TPSA) is 23.1 Å². The van der Waals surface area contributed by atoms with Crippen LogP contribution in [0.5, 0.6) is 0 Å². The third-order valence-corrected chi connectivity index (χ3v) is 6.75. The van der Waals surface area contributed by atoms with E-state index in [1.807, 2.05) is 0 Å². The number of nitrogens with zero attached hydrogens (tertiary/aromatic N) is 2. The highest BCUT2D eigenvalue weighted by molar-refractivity contribution is 5.14. The molecule has 4 heteroatoms. The average molecular weight is 451 g/mol. The van der Waals surface area contributed by atoms with Gasteiger partial charge >= 0.3 is 0 Å². The van der Waals surface area contributed by atoms with Gasteiger partial charge in [-0.25, -0.2) is 0 Å². The quantitative estimate of drug-likeness (QED) is 0.508. The maximum absolute atomic E-state index is 8.25. The van der Waals surface area contributed by atoms with Crippen LogP contribution < -0.4 is 17.5 Å². The fraction of sp³-hybridized carbons (Fsp3) is 0.556. The Hall–Kier alpha value is -1.39. The van der Waals surface area contributed by atoms with Crippen molar-refractivity contribution in [2.24, 2.45) is 0 Å². The lowest BCUT2D eigenvalue weighted by Gasteiger charge is -2.35. The van der Waals surface area contributed by atoms with Crippen molar-refractivity contribution in [2.75, 3.05) is 46.4 Å². The van der Waals surface area contributed by atoms with Gasteiger partial charge in [0.1, 0.15) is 13.1 Å². The molecule has 0 unspecified atom stereocenters. The van der Waals surface area contributed by atoms with Crippen LogP contribution in [0.25, 0.3) is 0 Å². The zero-order valence-corrected chi connectivity index (χ0v) is 21.9. The monoisotopic (exact) mass is 450 g/mol. The number of quaternary nitrogens is 2. The zero-order valence-electron chi connectivity index (χ0n) is 21.1. The second-order valence-corrected chi connectivity index (χ2v) is 7.87. The first-order valence-corrected chi connectivity index (χ1v) is 11.7. The van der Waals surface area contributed by atoms with Crippen molar-refractivity contribution in [1.29, 1.82) is 0 Å². The summed E-state index contributed by atoms with van der Waals surface area (Å²) < 4.78 is 2.40. The van der Waals surface area contributed by atoms with Gasteiger partial charge in [0.25, 0.3) is 0 Å². The molecular formula is C27H47ClN2O. The van der Waals surface area contributed by atoms with Gasteiger partial charge in [0.15, 0.2) is 0 Å². The van der Waals surface area contributed by atoms with Gasteiger partial charge in [0.2, 0.25) is 0 Å². The molecule has 0 fully saturated rings. The predicted octanol–water partition coefficient (Wildman–Crippen LogP) is 2.11. The zero-order chi connectivity index (χ0) is 22.9. The molecule has 0 aliphatic carbocycles. The Morgan fingerprint density at radius 2 is 0.710 bits per heavy atom. The first-order valence-electron chi connectivity index (χ1n) is 11.7.